The molecule has 0 saturated heterocycles. The molecule has 1 amide bonds. The van der Waals surface area contributed by atoms with Gasteiger partial charge in [-0.3, -0.25) is 14.8 Å². The van der Waals surface area contributed by atoms with E-state index in [1.165, 1.54) is 17.7 Å². The van der Waals surface area contributed by atoms with Gasteiger partial charge in [0.15, 0.2) is 0 Å². The van der Waals surface area contributed by atoms with Crippen LogP contribution in [-0.2, 0) is 6.54 Å². The van der Waals surface area contributed by atoms with Gasteiger partial charge in [-0.05, 0) is 47.0 Å². The first-order valence-electron chi connectivity index (χ1n) is 7.81. The molecule has 5 heteroatoms. The van der Waals surface area contributed by atoms with Gasteiger partial charge in [-0.25, -0.2) is 4.39 Å². The van der Waals surface area contributed by atoms with Crippen molar-refractivity contribution in [2.45, 2.75) is 6.54 Å². The van der Waals surface area contributed by atoms with Gasteiger partial charge in [-0.1, -0.05) is 18.2 Å². The monoisotopic (exact) mass is 331 g/mol. The highest BCUT2D eigenvalue weighted by Crippen LogP contribution is 2.32. The van der Waals surface area contributed by atoms with E-state index in [4.69, 9.17) is 5.73 Å². The first kappa shape index (κ1) is 15.2. The van der Waals surface area contributed by atoms with Crippen LogP contribution in [0.3, 0.4) is 0 Å². The minimum atomic E-state index is -0.800. The van der Waals surface area contributed by atoms with Crippen LogP contribution in [0.25, 0.3) is 22.4 Å². The molecular formula is C20H14FN3O. The van der Waals surface area contributed by atoms with Crippen LogP contribution in [0.1, 0.15) is 21.5 Å². The first-order chi connectivity index (χ1) is 12.1. The van der Waals surface area contributed by atoms with Crippen LogP contribution in [-0.4, -0.2) is 17.1 Å². The Labute approximate surface area is 143 Å². The van der Waals surface area contributed by atoms with Crippen LogP contribution in [0.5, 0.6) is 0 Å². The van der Waals surface area contributed by atoms with Gasteiger partial charge in [0.2, 0.25) is 0 Å². The number of nitrogens with zero attached hydrogens (tertiary/aromatic N) is 2. The van der Waals surface area contributed by atoms with Gasteiger partial charge >= 0.3 is 0 Å². The summed E-state index contributed by atoms with van der Waals surface area (Å²) in [6.45, 7) is 0.704. The Hall–Kier alpha value is -3.34. The molecule has 0 radical (unpaired) electrons. The molecule has 25 heavy (non-hydrogen) atoms. The summed E-state index contributed by atoms with van der Waals surface area (Å²) in [5.41, 5.74) is 10.6. The van der Waals surface area contributed by atoms with E-state index >= 15 is 0 Å². The Balaban J connectivity index is 1.87. The van der Waals surface area contributed by atoms with Crippen molar-refractivity contribution >= 4 is 12.1 Å². The maximum Gasteiger partial charge on any atom is 0.251 e. The number of benzene rings is 2. The van der Waals surface area contributed by atoms with Gasteiger partial charge in [-0.2, -0.15) is 0 Å². The lowest BCUT2D eigenvalue weighted by Gasteiger charge is -2.11. The molecule has 0 atom stereocenters. The number of aromatic nitrogens is 1. The molecule has 1 aliphatic heterocycles. The molecule has 2 heterocycles. The molecule has 0 fully saturated rings. The minimum Gasteiger partial charge on any atom is -0.366 e. The second-order valence-corrected chi connectivity index (χ2v) is 5.84. The summed E-state index contributed by atoms with van der Waals surface area (Å²) < 4.78 is 13.8. The van der Waals surface area contributed by atoms with E-state index in [0.717, 1.165) is 16.7 Å². The lowest BCUT2D eigenvalue weighted by molar-refractivity contribution is 0.0996. The lowest BCUT2D eigenvalue weighted by atomic mass is 9.96. The van der Waals surface area contributed by atoms with E-state index in [0.29, 0.717) is 17.8 Å². The number of hydrogen-bond donors (Lipinski definition) is 1. The number of primary amides is 1. The standard InChI is InChI=1S/C20H14FN3O/c21-18-6-5-13(9-17(18)20(22)25)19-16(2-1-7-24-19)12-3-4-14-10-23-11-15(14)8-12/h1-9,11H,10H2,(H2,22,25). The summed E-state index contributed by atoms with van der Waals surface area (Å²) in [7, 11) is 0. The average molecular weight is 331 g/mol. The van der Waals surface area contributed by atoms with E-state index in [-0.39, 0.29) is 5.56 Å². The van der Waals surface area contributed by atoms with E-state index < -0.39 is 11.7 Å². The highest BCUT2D eigenvalue weighted by atomic mass is 19.1. The van der Waals surface area contributed by atoms with Crippen LogP contribution in [0.2, 0.25) is 0 Å². The SMILES string of the molecule is NC(=O)c1cc(-c2ncccc2-c2ccc3c(c2)C=NC3)ccc1F. The van der Waals surface area contributed by atoms with Gasteiger partial charge in [-0.15, -0.1) is 0 Å². The molecule has 4 nitrogen and oxygen atoms in total. The zero-order valence-corrected chi connectivity index (χ0v) is 13.2. The van der Waals surface area contributed by atoms with Crippen molar-refractivity contribution in [2.75, 3.05) is 0 Å². The molecular weight excluding hydrogens is 317 g/mol. The molecule has 0 aliphatic carbocycles. The minimum absolute atomic E-state index is 0.143. The number of pyridine rings is 1. The van der Waals surface area contributed by atoms with Crippen molar-refractivity contribution < 1.29 is 9.18 Å². The smallest absolute Gasteiger partial charge is 0.251 e. The van der Waals surface area contributed by atoms with Gasteiger partial charge in [0.05, 0.1) is 17.8 Å². The van der Waals surface area contributed by atoms with Crippen molar-refractivity contribution in [1.82, 2.24) is 4.98 Å². The number of fused-ring (bicyclic) bond motifs is 1. The third-order valence-corrected chi connectivity index (χ3v) is 4.26. The van der Waals surface area contributed by atoms with E-state index in [2.05, 4.69) is 16.0 Å². The molecule has 0 saturated carbocycles. The summed E-state index contributed by atoms with van der Waals surface area (Å²) >= 11 is 0. The Morgan fingerprint density at radius 2 is 1.92 bits per heavy atom. The van der Waals surface area contributed by atoms with E-state index in [1.807, 2.05) is 30.5 Å². The summed E-state index contributed by atoms with van der Waals surface area (Å²) in [5, 5.41) is 0. The average Bonchev–Trinajstić information content (AvgIpc) is 3.09. The second-order valence-electron chi connectivity index (χ2n) is 5.84. The van der Waals surface area contributed by atoms with Gasteiger partial charge in [0.25, 0.3) is 5.91 Å². The summed E-state index contributed by atoms with van der Waals surface area (Å²) in [6.07, 6.45) is 3.53. The van der Waals surface area contributed by atoms with E-state index in [9.17, 15) is 9.18 Å². The maximum absolute atomic E-state index is 13.8. The molecule has 0 spiro atoms. The number of halogens is 1. The molecule has 2 aromatic carbocycles. The molecule has 0 unspecified atom stereocenters. The molecule has 0 bridgehead atoms. The van der Waals surface area contributed by atoms with Crippen LogP contribution in [0, 0.1) is 5.82 Å². The van der Waals surface area contributed by atoms with Crippen molar-refractivity contribution in [1.29, 1.82) is 0 Å². The fourth-order valence-electron chi connectivity index (χ4n) is 3.00. The highest BCUT2D eigenvalue weighted by molar-refractivity contribution is 5.95. The Morgan fingerprint density at radius 1 is 1.08 bits per heavy atom. The number of amides is 1. The van der Waals surface area contributed by atoms with Gasteiger partial charge in [0, 0.05) is 23.5 Å². The second kappa shape index (κ2) is 5.94. The Morgan fingerprint density at radius 3 is 2.76 bits per heavy atom. The highest BCUT2D eigenvalue weighted by Gasteiger charge is 2.15. The summed E-state index contributed by atoms with van der Waals surface area (Å²) in [4.78, 5) is 20.1. The fraction of sp³-hybridized carbons (Fsp3) is 0.0500. The molecule has 3 aromatic rings. The summed E-state index contributed by atoms with van der Waals surface area (Å²) in [6, 6.07) is 14.2. The van der Waals surface area contributed by atoms with E-state index in [1.54, 1.807) is 12.3 Å². The topological polar surface area (TPSA) is 68.3 Å². The molecule has 1 aliphatic rings. The number of hydrogen-bond acceptors (Lipinski definition) is 3. The number of nitrogens with two attached hydrogens (primary N) is 1. The quantitative estimate of drug-likeness (QED) is 0.797. The van der Waals surface area contributed by atoms with Gasteiger partial charge in [0.1, 0.15) is 5.82 Å². The van der Waals surface area contributed by atoms with Crippen LogP contribution in [0.4, 0.5) is 4.39 Å². The Kier molecular flexibility index (Phi) is 3.61. The first-order valence-corrected chi connectivity index (χ1v) is 7.81. The third-order valence-electron chi connectivity index (χ3n) is 4.26. The van der Waals surface area contributed by atoms with Crippen molar-refractivity contribution in [2.24, 2.45) is 10.7 Å². The normalized spacial score (nSPS) is 12.2. The molecule has 2 N–H and O–H groups in total. The van der Waals surface area contributed by atoms with Crippen molar-refractivity contribution in [3.05, 3.63) is 77.2 Å². The number of rotatable bonds is 3. The van der Waals surface area contributed by atoms with Crippen LogP contribution >= 0.6 is 0 Å². The van der Waals surface area contributed by atoms with Crippen molar-refractivity contribution in [3.8, 4) is 22.4 Å². The van der Waals surface area contributed by atoms with Crippen LogP contribution in [0.15, 0.2) is 59.7 Å². The lowest BCUT2D eigenvalue weighted by Crippen LogP contribution is -2.13. The predicted molar refractivity (Wildman–Crippen MR) is 94.9 cm³/mol. The zero-order valence-electron chi connectivity index (χ0n) is 13.2. The summed E-state index contributed by atoms with van der Waals surface area (Å²) in [5.74, 6) is -1.44. The maximum atomic E-state index is 13.8. The number of carbonyl (C=O) groups is 1. The molecule has 122 valence electrons. The van der Waals surface area contributed by atoms with Crippen molar-refractivity contribution in [3.63, 3.8) is 0 Å². The van der Waals surface area contributed by atoms with Crippen LogP contribution < -0.4 is 5.73 Å². The van der Waals surface area contributed by atoms with Gasteiger partial charge < -0.3 is 5.73 Å². The fourth-order valence-corrected chi connectivity index (χ4v) is 3.00. The number of aliphatic imine (C=N–C) groups is 1. The molecule has 4 rings (SSSR count). The zero-order chi connectivity index (χ0) is 17.4. The third kappa shape index (κ3) is 2.70. The molecule has 1 aromatic heterocycles. The predicted octanol–water partition coefficient (Wildman–Crippen LogP) is 3.59. The largest absolute Gasteiger partial charge is 0.366 e. The number of carbonyl (C=O) groups excluding carboxylic acids is 1. The Bertz CT molecular complexity index is 1030.